The Morgan fingerprint density at radius 1 is 1.19 bits per heavy atom. The van der Waals surface area contributed by atoms with Gasteiger partial charge in [-0.15, -0.1) is 11.3 Å². The van der Waals surface area contributed by atoms with Gasteiger partial charge in [0.15, 0.2) is 0 Å². The molecule has 1 N–H and O–H groups in total. The second-order valence-electron chi connectivity index (χ2n) is 6.95. The van der Waals surface area contributed by atoms with E-state index in [0.29, 0.717) is 6.04 Å². The third kappa shape index (κ3) is 4.10. The summed E-state index contributed by atoms with van der Waals surface area (Å²) in [5.74, 6) is -0.0547. The highest BCUT2D eigenvalue weighted by molar-refractivity contribution is 7.14. The maximum atomic E-state index is 12.5. The van der Waals surface area contributed by atoms with Gasteiger partial charge < -0.3 is 5.32 Å². The highest BCUT2D eigenvalue weighted by Gasteiger charge is 2.28. The fourth-order valence-corrected chi connectivity index (χ4v) is 4.70. The molecule has 3 heterocycles. The number of carbonyl (C=O) groups is 1. The van der Waals surface area contributed by atoms with Gasteiger partial charge in [0.2, 0.25) is 0 Å². The second-order valence-corrected chi connectivity index (χ2v) is 8.06. The van der Waals surface area contributed by atoms with E-state index in [1.165, 1.54) is 22.4 Å². The van der Waals surface area contributed by atoms with E-state index < -0.39 is 0 Å². The summed E-state index contributed by atoms with van der Waals surface area (Å²) in [6, 6.07) is 16.7. The summed E-state index contributed by atoms with van der Waals surface area (Å²) in [5, 5.41) is 2.94. The first-order valence-electron chi connectivity index (χ1n) is 9.30. The lowest BCUT2D eigenvalue weighted by atomic mass is 10.1. The van der Waals surface area contributed by atoms with Crippen LogP contribution in [-0.4, -0.2) is 22.3 Å². The number of nitrogens with one attached hydrogen (secondary N) is 1. The fraction of sp³-hybridized carbons (Fsp3) is 0.273. The highest BCUT2D eigenvalue weighted by Crippen LogP contribution is 2.37. The molecule has 4 rings (SSSR count). The Hall–Kier alpha value is -2.50. The molecule has 0 radical (unpaired) electrons. The number of rotatable bonds is 5. The fourth-order valence-electron chi connectivity index (χ4n) is 3.63. The van der Waals surface area contributed by atoms with Gasteiger partial charge in [0.1, 0.15) is 0 Å². The Bertz CT molecular complexity index is 922. The molecule has 0 aliphatic carbocycles. The number of amides is 1. The van der Waals surface area contributed by atoms with Crippen LogP contribution in [0.25, 0.3) is 0 Å². The summed E-state index contributed by atoms with van der Waals surface area (Å²) in [7, 11) is 0. The van der Waals surface area contributed by atoms with Gasteiger partial charge in [-0.3, -0.25) is 14.7 Å². The number of anilines is 1. The molecular formula is C22H23N3OS. The molecule has 1 fully saturated rings. The molecule has 1 aromatic carbocycles. The molecule has 1 aliphatic rings. The zero-order chi connectivity index (χ0) is 18.6. The molecule has 4 nitrogen and oxygen atoms in total. The van der Waals surface area contributed by atoms with Gasteiger partial charge in [-0.2, -0.15) is 0 Å². The third-order valence-corrected chi connectivity index (χ3v) is 6.30. The van der Waals surface area contributed by atoms with Crippen LogP contribution in [0.4, 0.5) is 5.69 Å². The summed E-state index contributed by atoms with van der Waals surface area (Å²) in [5.41, 5.74) is 3.50. The largest absolute Gasteiger partial charge is 0.321 e. The highest BCUT2D eigenvalue weighted by atomic mass is 32.1. The van der Waals surface area contributed by atoms with Crippen molar-refractivity contribution in [1.29, 1.82) is 0 Å². The van der Waals surface area contributed by atoms with Crippen LogP contribution in [0.15, 0.2) is 60.9 Å². The molecule has 1 amide bonds. The van der Waals surface area contributed by atoms with Crippen LogP contribution in [0.1, 0.15) is 44.6 Å². The van der Waals surface area contributed by atoms with E-state index in [1.54, 1.807) is 35.9 Å². The normalized spacial score (nSPS) is 17.1. The number of hydrogen-bond donors (Lipinski definition) is 1. The number of aromatic nitrogens is 1. The van der Waals surface area contributed by atoms with Crippen molar-refractivity contribution in [2.24, 2.45) is 0 Å². The lowest BCUT2D eigenvalue weighted by Crippen LogP contribution is -2.22. The van der Waals surface area contributed by atoms with E-state index in [4.69, 9.17) is 0 Å². The zero-order valence-electron chi connectivity index (χ0n) is 15.4. The molecule has 5 heteroatoms. The molecule has 2 aromatic heterocycles. The standard InChI is InChI=1S/C22H23N3OS/c1-16-5-2-3-6-17(16)15-25-14-4-7-19(25)20-8-9-21(27-20)22(26)24-18-10-12-23-13-11-18/h2-3,5-6,8-13,19H,4,7,14-15H2,1H3,(H,23,24,26)/t19-/m0/s1. The minimum Gasteiger partial charge on any atom is -0.321 e. The minimum atomic E-state index is -0.0547. The molecule has 1 aliphatic heterocycles. The SMILES string of the molecule is Cc1ccccc1CN1CCC[C@H]1c1ccc(C(=O)Nc2ccncc2)s1. The maximum Gasteiger partial charge on any atom is 0.265 e. The molecule has 0 spiro atoms. The summed E-state index contributed by atoms with van der Waals surface area (Å²) in [6.45, 7) is 4.25. The van der Waals surface area contributed by atoms with Crippen molar-refractivity contribution in [2.45, 2.75) is 32.4 Å². The topological polar surface area (TPSA) is 45.2 Å². The number of likely N-dealkylation sites (tertiary alicyclic amines) is 1. The van der Waals surface area contributed by atoms with Gasteiger partial charge in [-0.25, -0.2) is 0 Å². The first kappa shape index (κ1) is 17.9. The minimum absolute atomic E-state index is 0.0547. The number of aryl methyl sites for hydroxylation is 1. The van der Waals surface area contributed by atoms with Gasteiger partial charge in [0.25, 0.3) is 5.91 Å². The molecule has 1 saturated heterocycles. The lowest BCUT2D eigenvalue weighted by molar-refractivity contribution is 0.103. The van der Waals surface area contributed by atoms with E-state index in [0.717, 1.165) is 30.1 Å². The quantitative estimate of drug-likeness (QED) is 0.677. The van der Waals surface area contributed by atoms with E-state index in [-0.39, 0.29) is 5.91 Å². The molecular weight excluding hydrogens is 354 g/mol. The van der Waals surface area contributed by atoms with Crippen LogP contribution in [0, 0.1) is 6.92 Å². The predicted octanol–water partition coefficient (Wildman–Crippen LogP) is 5.04. The van der Waals surface area contributed by atoms with Crippen molar-refractivity contribution in [2.75, 3.05) is 11.9 Å². The van der Waals surface area contributed by atoms with Crippen molar-refractivity contribution in [1.82, 2.24) is 9.88 Å². The first-order valence-corrected chi connectivity index (χ1v) is 10.1. The number of thiophene rings is 1. The van der Waals surface area contributed by atoms with Crippen LogP contribution >= 0.6 is 11.3 Å². The summed E-state index contributed by atoms with van der Waals surface area (Å²) in [4.78, 5) is 21.1. The van der Waals surface area contributed by atoms with Crippen LogP contribution in [0.3, 0.4) is 0 Å². The van der Waals surface area contributed by atoms with Gasteiger partial charge in [0.05, 0.1) is 4.88 Å². The first-order chi connectivity index (χ1) is 13.2. The van der Waals surface area contributed by atoms with E-state index >= 15 is 0 Å². The summed E-state index contributed by atoms with van der Waals surface area (Å²) < 4.78 is 0. The van der Waals surface area contributed by atoms with Crippen molar-refractivity contribution in [3.8, 4) is 0 Å². The average Bonchev–Trinajstić information content (AvgIpc) is 3.34. The number of nitrogens with zero attached hydrogens (tertiary/aromatic N) is 2. The molecule has 1 atom stereocenters. The second kappa shape index (κ2) is 8.03. The summed E-state index contributed by atoms with van der Waals surface area (Å²) >= 11 is 1.61. The number of hydrogen-bond acceptors (Lipinski definition) is 4. The number of benzene rings is 1. The van der Waals surface area contributed by atoms with Crippen molar-refractivity contribution >= 4 is 22.9 Å². The number of pyridine rings is 1. The Kier molecular flexibility index (Phi) is 5.32. The van der Waals surface area contributed by atoms with E-state index in [2.05, 4.69) is 52.5 Å². The molecule has 138 valence electrons. The van der Waals surface area contributed by atoms with Crippen molar-refractivity contribution in [3.63, 3.8) is 0 Å². The number of carbonyl (C=O) groups excluding carboxylic acids is 1. The molecule has 27 heavy (non-hydrogen) atoms. The maximum absolute atomic E-state index is 12.5. The molecule has 0 bridgehead atoms. The smallest absolute Gasteiger partial charge is 0.265 e. The predicted molar refractivity (Wildman–Crippen MR) is 110 cm³/mol. The molecule has 0 saturated carbocycles. The van der Waals surface area contributed by atoms with Crippen molar-refractivity contribution < 1.29 is 4.79 Å². The summed E-state index contributed by atoms with van der Waals surface area (Å²) in [6.07, 6.45) is 5.71. The van der Waals surface area contributed by atoms with E-state index in [1.807, 2.05) is 6.07 Å². The third-order valence-electron chi connectivity index (χ3n) is 5.12. The molecule has 0 unspecified atom stereocenters. The lowest BCUT2D eigenvalue weighted by Gasteiger charge is -2.24. The van der Waals surface area contributed by atoms with Crippen molar-refractivity contribution in [3.05, 3.63) is 81.8 Å². The van der Waals surface area contributed by atoms with Gasteiger partial charge in [0, 0.05) is 35.5 Å². The van der Waals surface area contributed by atoms with Gasteiger partial charge in [-0.1, -0.05) is 24.3 Å². The monoisotopic (exact) mass is 377 g/mol. The van der Waals surface area contributed by atoms with Crippen LogP contribution in [-0.2, 0) is 6.54 Å². The Morgan fingerprint density at radius 3 is 2.81 bits per heavy atom. The van der Waals surface area contributed by atoms with Crippen LogP contribution in [0.2, 0.25) is 0 Å². The Balaban J connectivity index is 1.47. The van der Waals surface area contributed by atoms with Gasteiger partial charge in [-0.05, 0) is 61.7 Å². The zero-order valence-corrected chi connectivity index (χ0v) is 16.2. The van der Waals surface area contributed by atoms with Crippen LogP contribution in [0.5, 0.6) is 0 Å². The van der Waals surface area contributed by atoms with E-state index in [9.17, 15) is 4.79 Å². The molecule has 3 aromatic rings. The van der Waals surface area contributed by atoms with Crippen LogP contribution < -0.4 is 5.32 Å². The Labute approximate surface area is 163 Å². The van der Waals surface area contributed by atoms with Gasteiger partial charge >= 0.3 is 0 Å². The Morgan fingerprint density at radius 2 is 2.00 bits per heavy atom. The average molecular weight is 378 g/mol.